The van der Waals surface area contributed by atoms with Crippen molar-refractivity contribution in [3.05, 3.63) is 53.5 Å². The van der Waals surface area contributed by atoms with Crippen molar-refractivity contribution in [3.8, 4) is 5.88 Å². The fraction of sp³-hybridized carbons (Fsp3) is 0.294. The molecular weight excluding hydrogens is 308 g/mol. The van der Waals surface area contributed by atoms with E-state index in [2.05, 4.69) is 15.0 Å². The van der Waals surface area contributed by atoms with Crippen LogP contribution >= 0.6 is 0 Å². The Labute approximate surface area is 140 Å². The Balaban J connectivity index is 2.12. The van der Waals surface area contributed by atoms with Crippen LogP contribution in [-0.4, -0.2) is 36.0 Å². The van der Waals surface area contributed by atoms with Gasteiger partial charge in [-0.25, -0.2) is 15.0 Å². The summed E-state index contributed by atoms with van der Waals surface area (Å²) in [5.74, 6) is 0.255. The van der Waals surface area contributed by atoms with Crippen LogP contribution in [-0.2, 0) is 11.2 Å². The van der Waals surface area contributed by atoms with Crippen molar-refractivity contribution in [2.75, 3.05) is 14.2 Å². The largest absolute Gasteiger partial charge is 0.480 e. The Kier molecular flexibility index (Phi) is 5.83. The Morgan fingerprint density at radius 1 is 1.29 bits per heavy atom. The van der Waals surface area contributed by atoms with Crippen LogP contribution in [0, 0.1) is 0 Å². The SMILES string of the molecule is COC(N)=NC(C)c1cccc(CC(=O)c2cnc(OC)cn2)c1. The second kappa shape index (κ2) is 8.05. The van der Waals surface area contributed by atoms with Crippen molar-refractivity contribution in [2.24, 2.45) is 10.7 Å². The molecule has 1 heterocycles. The van der Waals surface area contributed by atoms with E-state index in [-0.39, 0.29) is 24.3 Å². The minimum atomic E-state index is -0.166. The number of nitrogens with zero attached hydrogens (tertiary/aromatic N) is 3. The molecule has 0 amide bonds. The van der Waals surface area contributed by atoms with Crippen molar-refractivity contribution in [1.82, 2.24) is 9.97 Å². The molecule has 7 heteroatoms. The summed E-state index contributed by atoms with van der Waals surface area (Å²) in [6.07, 6.45) is 3.07. The van der Waals surface area contributed by atoms with E-state index in [1.54, 1.807) is 0 Å². The molecule has 126 valence electrons. The third kappa shape index (κ3) is 4.52. The molecule has 1 atom stereocenters. The lowest BCUT2D eigenvalue weighted by molar-refractivity contribution is 0.0987. The molecule has 0 radical (unpaired) electrons. The lowest BCUT2D eigenvalue weighted by Crippen LogP contribution is -2.15. The summed E-state index contributed by atoms with van der Waals surface area (Å²) in [5.41, 5.74) is 7.69. The van der Waals surface area contributed by atoms with E-state index >= 15 is 0 Å². The standard InChI is InChI=1S/C17H20N4O3/c1-11(21-17(18)24-3)13-6-4-5-12(7-13)8-15(22)14-9-20-16(23-2)10-19-14/h4-7,9-11H,8H2,1-3H3,(H2,18,21). The van der Waals surface area contributed by atoms with Crippen LogP contribution in [0.15, 0.2) is 41.7 Å². The number of amidine groups is 1. The van der Waals surface area contributed by atoms with Crippen molar-refractivity contribution in [3.63, 3.8) is 0 Å². The van der Waals surface area contributed by atoms with E-state index in [9.17, 15) is 4.79 Å². The van der Waals surface area contributed by atoms with Crippen LogP contribution in [0.2, 0.25) is 0 Å². The van der Waals surface area contributed by atoms with Crippen LogP contribution in [0.3, 0.4) is 0 Å². The first-order valence-electron chi connectivity index (χ1n) is 7.38. The van der Waals surface area contributed by atoms with Gasteiger partial charge in [0.05, 0.1) is 32.7 Å². The monoisotopic (exact) mass is 328 g/mol. The van der Waals surface area contributed by atoms with E-state index in [1.807, 2.05) is 31.2 Å². The zero-order chi connectivity index (χ0) is 17.5. The molecule has 0 saturated carbocycles. The third-order valence-electron chi connectivity index (χ3n) is 3.45. The highest BCUT2D eigenvalue weighted by Gasteiger charge is 2.11. The van der Waals surface area contributed by atoms with E-state index in [0.717, 1.165) is 11.1 Å². The van der Waals surface area contributed by atoms with Gasteiger partial charge < -0.3 is 15.2 Å². The number of methoxy groups -OCH3 is 2. The highest BCUT2D eigenvalue weighted by atomic mass is 16.5. The van der Waals surface area contributed by atoms with Crippen molar-refractivity contribution < 1.29 is 14.3 Å². The van der Waals surface area contributed by atoms with Crippen molar-refractivity contribution >= 4 is 11.8 Å². The number of carbonyl (C=O) groups is 1. The van der Waals surface area contributed by atoms with E-state index in [1.165, 1.54) is 26.6 Å². The molecule has 1 unspecified atom stereocenters. The van der Waals surface area contributed by atoms with Gasteiger partial charge in [0.1, 0.15) is 5.69 Å². The van der Waals surface area contributed by atoms with E-state index in [4.69, 9.17) is 15.2 Å². The third-order valence-corrected chi connectivity index (χ3v) is 3.45. The first-order valence-corrected chi connectivity index (χ1v) is 7.38. The van der Waals surface area contributed by atoms with Crippen LogP contribution in [0.4, 0.5) is 0 Å². The summed E-state index contributed by atoms with van der Waals surface area (Å²) in [7, 11) is 2.97. The van der Waals surface area contributed by atoms with Crippen LogP contribution in [0.25, 0.3) is 0 Å². The number of Topliss-reactive ketones (excluding diaryl/α,β-unsaturated/α-hetero) is 1. The van der Waals surface area contributed by atoms with Gasteiger partial charge in [-0.05, 0) is 18.1 Å². The summed E-state index contributed by atoms with van der Waals surface area (Å²) < 4.78 is 9.79. The lowest BCUT2D eigenvalue weighted by Gasteiger charge is -2.10. The quantitative estimate of drug-likeness (QED) is 0.494. The summed E-state index contributed by atoms with van der Waals surface area (Å²) in [5, 5.41) is 0. The Morgan fingerprint density at radius 3 is 2.71 bits per heavy atom. The van der Waals surface area contributed by atoms with Crippen LogP contribution in [0.5, 0.6) is 5.88 Å². The normalized spacial score (nSPS) is 12.5. The molecule has 0 aliphatic rings. The zero-order valence-corrected chi connectivity index (χ0v) is 13.9. The summed E-state index contributed by atoms with van der Waals surface area (Å²) >= 11 is 0. The summed E-state index contributed by atoms with van der Waals surface area (Å²) in [6, 6.07) is 7.57. The summed E-state index contributed by atoms with van der Waals surface area (Å²) in [4.78, 5) is 24.6. The van der Waals surface area contributed by atoms with Gasteiger partial charge in [-0.15, -0.1) is 0 Å². The molecular formula is C17H20N4O3. The molecule has 2 rings (SSSR count). The van der Waals surface area contributed by atoms with Gasteiger partial charge in [-0.1, -0.05) is 24.3 Å². The predicted octanol–water partition coefficient (Wildman–Crippen LogP) is 1.93. The lowest BCUT2D eigenvalue weighted by atomic mass is 10.0. The fourth-order valence-corrected chi connectivity index (χ4v) is 2.12. The topological polar surface area (TPSA) is 99.7 Å². The second-order valence-corrected chi connectivity index (χ2v) is 5.14. The number of aromatic nitrogens is 2. The van der Waals surface area contributed by atoms with E-state index < -0.39 is 0 Å². The molecule has 0 fully saturated rings. The minimum absolute atomic E-state index is 0.116. The average molecular weight is 328 g/mol. The number of hydrogen-bond donors (Lipinski definition) is 1. The van der Waals surface area contributed by atoms with Gasteiger partial charge in [-0.3, -0.25) is 4.79 Å². The number of carbonyl (C=O) groups excluding carboxylic acids is 1. The Morgan fingerprint density at radius 2 is 2.08 bits per heavy atom. The summed E-state index contributed by atoms with van der Waals surface area (Å²) in [6.45, 7) is 1.90. The number of benzene rings is 1. The smallest absolute Gasteiger partial charge is 0.282 e. The highest BCUT2D eigenvalue weighted by Crippen LogP contribution is 2.19. The maximum Gasteiger partial charge on any atom is 0.282 e. The molecule has 0 spiro atoms. The molecule has 0 saturated heterocycles. The first kappa shape index (κ1) is 17.4. The highest BCUT2D eigenvalue weighted by molar-refractivity contribution is 5.95. The van der Waals surface area contributed by atoms with Gasteiger partial charge in [0.15, 0.2) is 5.78 Å². The molecule has 0 aliphatic heterocycles. The van der Waals surface area contributed by atoms with Gasteiger partial charge >= 0.3 is 0 Å². The maximum absolute atomic E-state index is 12.3. The molecule has 2 aromatic rings. The molecule has 0 bridgehead atoms. The molecule has 7 nitrogen and oxygen atoms in total. The number of nitrogens with two attached hydrogens (primary N) is 1. The van der Waals surface area contributed by atoms with Crippen LogP contribution < -0.4 is 10.5 Å². The fourth-order valence-electron chi connectivity index (χ4n) is 2.12. The average Bonchev–Trinajstić information content (AvgIpc) is 2.61. The number of aliphatic imine (C=N–C) groups is 1. The van der Waals surface area contributed by atoms with Gasteiger partial charge in [0, 0.05) is 6.42 Å². The predicted molar refractivity (Wildman–Crippen MR) is 90.1 cm³/mol. The Hall–Kier alpha value is -2.96. The molecule has 1 aromatic heterocycles. The number of hydrogen-bond acceptors (Lipinski definition) is 6. The number of ether oxygens (including phenoxy) is 2. The van der Waals surface area contributed by atoms with E-state index in [0.29, 0.717) is 11.6 Å². The van der Waals surface area contributed by atoms with Gasteiger partial charge in [0.2, 0.25) is 5.88 Å². The molecule has 24 heavy (non-hydrogen) atoms. The van der Waals surface area contributed by atoms with Crippen molar-refractivity contribution in [1.29, 1.82) is 0 Å². The molecule has 2 N–H and O–H groups in total. The Bertz CT molecular complexity index is 729. The first-order chi connectivity index (χ1) is 11.5. The number of ketones is 1. The molecule has 1 aromatic carbocycles. The van der Waals surface area contributed by atoms with Crippen molar-refractivity contribution in [2.45, 2.75) is 19.4 Å². The zero-order valence-electron chi connectivity index (χ0n) is 13.9. The maximum atomic E-state index is 12.3. The second-order valence-electron chi connectivity index (χ2n) is 5.14. The number of rotatable bonds is 6. The van der Waals surface area contributed by atoms with Crippen LogP contribution in [0.1, 0.15) is 34.6 Å². The molecule has 0 aliphatic carbocycles. The minimum Gasteiger partial charge on any atom is -0.480 e. The van der Waals surface area contributed by atoms with Gasteiger partial charge in [-0.2, -0.15) is 0 Å². The van der Waals surface area contributed by atoms with Gasteiger partial charge in [0.25, 0.3) is 6.02 Å².